The van der Waals surface area contributed by atoms with Crippen LogP contribution in [0.4, 0.5) is 5.69 Å². The maximum Gasteiger partial charge on any atom is 0.252 e. The Morgan fingerprint density at radius 3 is 2.48 bits per heavy atom. The van der Waals surface area contributed by atoms with Crippen molar-refractivity contribution in [2.24, 2.45) is 5.92 Å². The summed E-state index contributed by atoms with van der Waals surface area (Å²) in [5.74, 6) is -0.663. The maximum absolute atomic E-state index is 12.8. The Morgan fingerprint density at radius 2 is 1.89 bits per heavy atom. The zero-order chi connectivity index (χ0) is 19.6. The van der Waals surface area contributed by atoms with Crippen molar-refractivity contribution in [2.45, 2.75) is 24.0 Å². The summed E-state index contributed by atoms with van der Waals surface area (Å²) in [5, 5.41) is 2.82. The third-order valence-corrected chi connectivity index (χ3v) is 8.41. The number of nitrogens with one attached hydrogen (secondary N) is 1. The maximum atomic E-state index is 12.8. The molecule has 2 heterocycles. The van der Waals surface area contributed by atoms with Gasteiger partial charge in [-0.1, -0.05) is 0 Å². The molecule has 0 spiro atoms. The standard InChI is InChI=1S/C18H19BrN2O4S2/c1-12(22)13-4-6-15(7-5-13)20-18(23)14-3-2-10-21(11-14)27(24,25)17-9-8-16(19)26-17/h4-9,14H,2-3,10-11H2,1H3,(H,20,23)/t14-/m1/s1. The molecule has 27 heavy (non-hydrogen) atoms. The molecule has 1 N–H and O–H groups in total. The normalized spacial score (nSPS) is 18.2. The highest BCUT2D eigenvalue weighted by Gasteiger charge is 2.34. The summed E-state index contributed by atoms with van der Waals surface area (Å²) in [7, 11) is -3.59. The Hall–Kier alpha value is -1.55. The first kappa shape index (κ1) is 20.2. The molecule has 144 valence electrons. The molecule has 0 bridgehead atoms. The number of thiophene rings is 1. The second kappa shape index (κ2) is 8.22. The summed E-state index contributed by atoms with van der Waals surface area (Å²) in [4.78, 5) is 23.9. The van der Waals surface area contributed by atoms with E-state index in [1.165, 1.54) is 11.2 Å². The lowest BCUT2D eigenvalue weighted by Gasteiger charge is -2.30. The highest BCUT2D eigenvalue weighted by atomic mass is 79.9. The van der Waals surface area contributed by atoms with Crippen LogP contribution in [0.3, 0.4) is 0 Å². The van der Waals surface area contributed by atoms with E-state index in [0.717, 1.165) is 15.1 Å². The van der Waals surface area contributed by atoms with Crippen molar-refractivity contribution in [3.8, 4) is 0 Å². The first-order chi connectivity index (χ1) is 12.8. The van der Waals surface area contributed by atoms with E-state index in [4.69, 9.17) is 0 Å². The molecule has 1 fully saturated rings. The number of nitrogens with zero attached hydrogens (tertiary/aromatic N) is 1. The van der Waals surface area contributed by atoms with Crippen LogP contribution in [0.5, 0.6) is 0 Å². The van der Waals surface area contributed by atoms with Gasteiger partial charge in [-0.15, -0.1) is 11.3 Å². The number of ketones is 1. The van der Waals surface area contributed by atoms with E-state index >= 15 is 0 Å². The van der Waals surface area contributed by atoms with Gasteiger partial charge in [0.25, 0.3) is 10.0 Å². The summed E-state index contributed by atoms with van der Waals surface area (Å²) < 4.78 is 28.0. The molecule has 1 aromatic heterocycles. The fourth-order valence-corrected chi connectivity index (χ4v) is 6.66. The first-order valence-electron chi connectivity index (χ1n) is 8.45. The molecule has 0 radical (unpaired) electrons. The Kier molecular flexibility index (Phi) is 6.15. The van der Waals surface area contributed by atoms with Crippen molar-refractivity contribution in [2.75, 3.05) is 18.4 Å². The minimum Gasteiger partial charge on any atom is -0.326 e. The smallest absolute Gasteiger partial charge is 0.252 e. The Morgan fingerprint density at radius 1 is 1.19 bits per heavy atom. The van der Waals surface area contributed by atoms with Gasteiger partial charge in [-0.05, 0) is 72.1 Å². The molecule has 1 aliphatic heterocycles. The van der Waals surface area contributed by atoms with Crippen molar-refractivity contribution in [1.82, 2.24) is 4.31 Å². The molecule has 1 aromatic carbocycles. The SMILES string of the molecule is CC(=O)c1ccc(NC(=O)[C@@H]2CCCN(S(=O)(=O)c3ccc(Br)s3)C2)cc1. The van der Waals surface area contributed by atoms with Gasteiger partial charge in [-0.2, -0.15) is 4.31 Å². The third kappa shape index (κ3) is 4.66. The Labute approximate surface area is 170 Å². The summed E-state index contributed by atoms with van der Waals surface area (Å²) in [6.45, 7) is 2.06. The minimum absolute atomic E-state index is 0.0405. The van der Waals surface area contributed by atoms with Crippen LogP contribution in [-0.2, 0) is 14.8 Å². The minimum atomic E-state index is -3.59. The largest absolute Gasteiger partial charge is 0.326 e. The van der Waals surface area contributed by atoms with Crippen LogP contribution in [0.1, 0.15) is 30.1 Å². The van der Waals surface area contributed by atoms with Gasteiger partial charge in [0.2, 0.25) is 5.91 Å². The number of carbonyl (C=O) groups is 2. The number of Topliss-reactive ketones (excluding diaryl/α,β-unsaturated/α-hetero) is 1. The van der Waals surface area contributed by atoms with Crippen LogP contribution in [0.2, 0.25) is 0 Å². The monoisotopic (exact) mass is 470 g/mol. The number of anilines is 1. The fourth-order valence-electron chi connectivity index (χ4n) is 2.97. The van der Waals surface area contributed by atoms with Crippen LogP contribution < -0.4 is 5.32 Å². The number of piperidine rings is 1. The van der Waals surface area contributed by atoms with Crippen molar-refractivity contribution in [1.29, 1.82) is 0 Å². The molecule has 1 saturated heterocycles. The number of hydrogen-bond donors (Lipinski definition) is 1. The average Bonchev–Trinajstić information content (AvgIpc) is 3.09. The summed E-state index contributed by atoms with van der Waals surface area (Å²) in [5.41, 5.74) is 1.16. The second-order valence-corrected chi connectivity index (χ2v) is 11.0. The predicted octanol–water partition coefficient (Wildman–Crippen LogP) is 3.75. The Balaban J connectivity index is 1.68. The lowest BCUT2D eigenvalue weighted by Crippen LogP contribution is -2.43. The van der Waals surface area contributed by atoms with Crippen molar-refractivity contribution in [3.05, 3.63) is 45.7 Å². The highest BCUT2D eigenvalue weighted by Crippen LogP contribution is 2.31. The summed E-state index contributed by atoms with van der Waals surface area (Å²) >= 11 is 4.45. The summed E-state index contributed by atoms with van der Waals surface area (Å²) in [6.07, 6.45) is 1.27. The molecule has 1 atom stereocenters. The van der Waals surface area contributed by atoms with E-state index in [-0.39, 0.29) is 22.4 Å². The van der Waals surface area contributed by atoms with Crippen LogP contribution in [0, 0.1) is 5.92 Å². The number of sulfonamides is 1. The van der Waals surface area contributed by atoms with Crippen molar-refractivity contribution >= 4 is 54.7 Å². The van der Waals surface area contributed by atoms with Gasteiger partial charge in [-0.3, -0.25) is 9.59 Å². The molecular weight excluding hydrogens is 452 g/mol. The number of halogens is 1. The summed E-state index contributed by atoms with van der Waals surface area (Å²) in [6, 6.07) is 9.94. The second-order valence-electron chi connectivity index (χ2n) is 6.38. The van der Waals surface area contributed by atoms with Crippen molar-refractivity contribution in [3.63, 3.8) is 0 Å². The zero-order valence-electron chi connectivity index (χ0n) is 14.6. The van der Waals surface area contributed by atoms with Gasteiger partial charge in [0.05, 0.1) is 9.70 Å². The van der Waals surface area contributed by atoms with E-state index in [1.54, 1.807) is 36.4 Å². The number of amides is 1. The van der Waals surface area contributed by atoms with Crippen LogP contribution >= 0.6 is 27.3 Å². The van der Waals surface area contributed by atoms with E-state index in [2.05, 4.69) is 21.2 Å². The van der Waals surface area contributed by atoms with E-state index in [0.29, 0.717) is 30.6 Å². The molecule has 0 unspecified atom stereocenters. The van der Waals surface area contributed by atoms with E-state index in [1.807, 2.05) is 0 Å². The molecule has 0 saturated carbocycles. The molecule has 0 aliphatic carbocycles. The van der Waals surface area contributed by atoms with Crippen LogP contribution in [0.15, 0.2) is 44.4 Å². The number of rotatable bonds is 5. The first-order valence-corrected chi connectivity index (χ1v) is 11.5. The quantitative estimate of drug-likeness (QED) is 0.674. The molecule has 6 nitrogen and oxygen atoms in total. The molecular formula is C18H19BrN2O4S2. The lowest BCUT2D eigenvalue weighted by atomic mass is 9.98. The molecule has 2 aromatic rings. The van der Waals surface area contributed by atoms with Gasteiger partial charge >= 0.3 is 0 Å². The number of carbonyl (C=O) groups excluding carboxylic acids is 2. The molecule has 3 rings (SSSR count). The van der Waals surface area contributed by atoms with Crippen molar-refractivity contribution < 1.29 is 18.0 Å². The average molecular weight is 471 g/mol. The zero-order valence-corrected chi connectivity index (χ0v) is 17.9. The lowest BCUT2D eigenvalue weighted by molar-refractivity contribution is -0.120. The topological polar surface area (TPSA) is 83.6 Å². The van der Waals surface area contributed by atoms with E-state index < -0.39 is 15.9 Å². The van der Waals surface area contributed by atoms with Gasteiger partial charge in [0.1, 0.15) is 4.21 Å². The molecule has 1 aliphatic rings. The van der Waals surface area contributed by atoms with E-state index in [9.17, 15) is 18.0 Å². The van der Waals surface area contributed by atoms with Gasteiger partial charge in [-0.25, -0.2) is 8.42 Å². The van der Waals surface area contributed by atoms with Gasteiger partial charge in [0, 0.05) is 24.3 Å². The van der Waals surface area contributed by atoms with Crippen LogP contribution in [-0.4, -0.2) is 37.5 Å². The van der Waals surface area contributed by atoms with Crippen LogP contribution in [0.25, 0.3) is 0 Å². The van der Waals surface area contributed by atoms with Gasteiger partial charge < -0.3 is 5.32 Å². The number of benzene rings is 1. The molecule has 1 amide bonds. The molecule has 9 heteroatoms. The highest BCUT2D eigenvalue weighted by molar-refractivity contribution is 9.11. The Bertz CT molecular complexity index is 954. The fraction of sp³-hybridized carbons (Fsp3) is 0.333. The number of hydrogen-bond acceptors (Lipinski definition) is 5. The third-order valence-electron chi connectivity index (χ3n) is 4.46. The van der Waals surface area contributed by atoms with Gasteiger partial charge in [0.15, 0.2) is 5.78 Å². The predicted molar refractivity (Wildman–Crippen MR) is 109 cm³/mol.